The Morgan fingerprint density at radius 2 is 0.906 bits per heavy atom. The minimum atomic E-state index is 0.930. The van der Waals surface area contributed by atoms with Gasteiger partial charge in [-0.15, -0.1) is 0 Å². The van der Waals surface area contributed by atoms with Crippen LogP contribution in [0.2, 0.25) is 0 Å². The summed E-state index contributed by atoms with van der Waals surface area (Å²) in [5.74, 6) is 0.930. The largest absolute Gasteiger partial charge is 0.292 e. The Hall–Kier alpha value is -7.17. The van der Waals surface area contributed by atoms with Crippen LogP contribution in [0, 0.1) is 0 Å². The zero-order valence-corrected chi connectivity index (χ0v) is 28.6. The molecular weight excluding hydrogens is 645 g/mol. The van der Waals surface area contributed by atoms with Crippen molar-refractivity contribution >= 4 is 32.6 Å². The van der Waals surface area contributed by atoms with Crippen LogP contribution in [0.25, 0.3) is 105 Å². The molecule has 0 spiro atoms. The van der Waals surface area contributed by atoms with E-state index in [0.29, 0.717) is 0 Å². The van der Waals surface area contributed by atoms with E-state index in [1.54, 1.807) is 0 Å². The Morgan fingerprint density at radius 3 is 1.58 bits per heavy atom. The van der Waals surface area contributed by atoms with Gasteiger partial charge in [0.1, 0.15) is 5.82 Å². The molecule has 0 unspecified atom stereocenters. The van der Waals surface area contributed by atoms with Gasteiger partial charge in [0.25, 0.3) is 0 Å². The van der Waals surface area contributed by atoms with Gasteiger partial charge >= 0.3 is 0 Å². The van der Waals surface area contributed by atoms with Gasteiger partial charge in [0.15, 0.2) is 0 Å². The Labute approximate surface area is 306 Å². The third-order valence-corrected chi connectivity index (χ3v) is 10.8. The van der Waals surface area contributed by atoms with Gasteiger partial charge in [0.2, 0.25) is 0 Å². The molecule has 0 aliphatic heterocycles. The van der Waals surface area contributed by atoms with Crippen molar-refractivity contribution in [2.45, 2.75) is 0 Å². The summed E-state index contributed by atoms with van der Waals surface area (Å²) in [6, 6.07) is 56.6. The molecule has 11 rings (SSSR count). The predicted octanol–water partition coefficient (Wildman–Crippen LogP) is 12.4. The van der Waals surface area contributed by atoms with Gasteiger partial charge in [-0.1, -0.05) is 109 Å². The molecule has 1 aliphatic rings. The molecule has 0 amide bonds. The lowest BCUT2D eigenvalue weighted by Crippen LogP contribution is -1.97. The molecule has 246 valence electrons. The van der Waals surface area contributed by atoms with E-state index in [1.807, 2.05) is 30.9 Å². The second-order valence-corrected chi connectivity index (χ2v) is 13.6. The number of hydrogen-bond donors (Lipinski definition) is 0. The Bertz CT molecular complexity index is 2930. The van der Waals surface area contributed by atoms with Crippen LogP contribution in [0.4, 0.5) is 0 Å². The molecule has 0 saturated carbocycles. The van der Waals surface area contributed by atoms with Crippen molar-refractivity contribution in [3.05, 3.63) is 183 Å². The molecular formula is C49H30N4. The topological polar surface area (TPSA) is 43.6 Å². The van der Waals surface area contributed by atoms with Crippen LogP contribution in [0.5, 0.6) is 0 Å². The first kappa shape index (κ1) is 29.5. The molecule has 0 N–H and O–H groups in total. The molecule has 3 aromatic heterocycles. The summed E-state index contributed by atoms with van der Waals surface area (Å²) >= 11 is 0. The molecule has 0 saturated heterocycles. The smallest absolute Gasteiger partial charge is 0.145 e. The standard InChI is InChI=1S/C49H30N4/c1-2-9-35(10-3-1)53-43-16-7-6-15-42(43)52-49(53)34-19-17-31(18-20-34)36-21-22-41-46-37(36)13-8-14-40(46)47-44(32-23-27-50-28-24-32)38-11-4-5-12-39(38)45(48(41)47)33-25-29-51-30-26-33/h1-30H. The molecule has 7 aromatic carbocycles. The van der Waals surface area contributed by atoms with E-state index in [4.69, 9.17) is 4.98 Å². The first-order chi connectivity index (χ1) is 26.3. The maximum Gasteiger partial charge on any atom is 0.145 e. The number of benzene rings is 7. The molecule has 0 bridgehead atoms. The third-order valence-electron chi connectivity index (χ3n) is 10.8. The fourth-order valence-electron chi connectivity index (χ4n) is 8.55. The quantitative estimate of drug-likeness (QED) is 0.182. The summed E-state index contributed by atoms with van der Waals surface area (Å²) in [6.07, 6.45) is 7.58. The highest BCUT2D eigenvalue weighted by Crippen LogP contribution is 2.58. The van der Waals surface area contributed by atoms with Crippen LogP contribution in [0.15, 0.2) is 183 Å². The summed E-state index contributed by atoms with van der Waals surface area (Å²) in [6.45, 7) is 0. The lowest BCUT2D eigenvalue weighted by Gasteiger charge is -2.20. The third kappa shape index (κ3) is 4.46. The Morgan fingerprint density at radius 1 is 0.358 bits per heavy atom. The highest BCUT2D eigenvalue weighted by molar-refractivity contribution is 6.28. The van der Waals surface area contributed by atoms with Gasteiger partial charge in [0.05, 0.1) is 11.0 Å². The molecule has 10 aromatic rings. The average Bonchev–Trinajstić information content (AvgIpc) is 3.78. The van der Waals surface area contributed by atoms with Crippen LogP contribution in [0.1, 0.15) is 0 Å². The van der Waals surface area contributed by atoms with E-state index < -0.39 is 0 Å². The Balaban J connectivity index is 1.13. The summed E-state index contributed by atoms with van der Waals surface area (Å²) in [5.41, 5.74) is 16.5. The van der Waals surface area contributed by atoms with Crippen LogP contribution in [-0.4, -0.2) is 19.5 Å². The van der Waals surface area contributed by atoms with Crippen molar-refractivity contribution in [1.82, 2.24) is 19.5 Å². The minimum absolute atomic E-state index is 0.930. The fraction of sp³-hybridized carbons (Fsp3) is 0. The lowest BCUT2D eigenvalue weighted by atomic mass is 9.83. The summed E-state index contributed by atoms with van der Waals surface area (Å²) in [5, 5.41) is 4.99. The maximum atomic E-state index is 5.11. The SMILES string of the molecule is c1ccc(-n2c(-c3ccc(-c4ccc5c6c(cccc46)-c4c-5c(-c5ccncc5)c5ccccc5c4-c4ccncc4)cc3)nc3ccccc32)cc1. The number of imidazole rings is 1. The summed E-state index contributed by atoms with van der Waals surface area (Å²) in [4.78, 5) is 13.9. The number of aromatic nitrogens is 4. The van der Waals surface area contributed by atoms with E-state index in [-0.39, 0.29) is 0 Å². The summed E-state index contributed by atoms with van der Waals surface area (Å²) in [7, 11) is 0. The molecule has 53 heavy (non-hydrogen) atoms. The number of para-hydroxylation sites is 3. The van der Waals surface area contributed by atoms with Crippen molar-refractivity contribution < 1.29 is 0 Å². The van der Waals surface area contributed by atoms with Crippen molar-refractivity contribution in [3.8, 4) is 72.7 Å². The molecule has 3 heterocycles. The number of hydrogen-bond acceptors (Lipinski definition) is 3. The van der Waals surface area contributed by atoms with E-state index in [9.17, 15) is 0 Å². The van der Waals surface area contributed by atoms with E-state index in [2.05, 4.69) is 166 Å². The normalized spacial score (nSPS) is 11.8. The van der Waals surface area contributed by atoms with Crippen molar-refractivity contribution in [2.75, 3.05) is 0 Å². The highest BCUT2D eigenvalue weighted by Gasteiger charge is 2.31. The van der Waals surface area contributed by atoms with Crippen molar-refractivity contribution in [3.63, 3.8) is 0 Å². The van der Waals surface area contributed by atoms with Crippen LogP contribution < -0.4 is 0 Å². The van der Waals surface area contributed by atoms with Gasteiger partial charge in [-0.2, -0.15) is 0 Å². The molecule has 0 atom stereocenters. The summed E-state index contributed by atoms with van der Waals surface area (Å²) < 4.78 is 2.26. The van der Waals surface area contributed by atoms with Gasteiger partial charge in [-0.3, -0.25) is 14.5 Å². The molecule has 0 fully saturated rings. The van der Waals surface area contributed by atoms with Crippen LogP contribution in [0.3, 0.4) is 0 Å². The predicted molar refractivity (Wildman–Crippen MR) is 218 cm³/mol. The lowest BCUT2D eigenvalue weighted by molar-refractivity contribution is 1.10. The molecule has 4 heteroatoms. The minimum Gasteiger partial charge on any atom is -0.292 e. The van der Waals surface area contributed by atoms with E-state index in [1.165, 1.54) is 66.1 Å². The number of fused-ring (bicyclic) bond motifs is 5. The first-order valence-corrected chi connectivity index (χ1v) is 17.9. The first-order valence-electron chi connectivity index (χ1n) is 17.9. The highest BCUT2D eigenvalue weighted by atomic mass is 15.1. The van der Waals surface area contributed by atoms with Crippen molar-refractivity contribution in [1.29, 1.82) is 0 Å². The monoisotopic (exact) mass is 674 g/mol. The zero-order valence-electron chi connectivity index (χ0n) is 28.6. The molecule has 0 radical (unpaired) electrons. The molecule has 4 nitrogen and oxygen atoms in total. The van der Waals surface area contributed by atoms with Crippen LogP contribution in [-0.2, 0) is 0 Å². The maximum absolute atomic E-state index is 5.11. The van der Waals surface area contributed by atoms with Gasteiger partial charge in [0, 0.05) is 36.0 Å². The van der Waals surface area contributed by atoms with Gasteiger partial charge < -0.3 is 0 Å². The van der Waals surface area contributed by atoms with Crippen LogP contribution >= 0.6 is 0 Å². The van der Waals surface area contributed by atoms with Crippen molar-refractivity contribution in [2.24, 2.45) is 0 Å². The second kappa shape index (κ2) is 11.7. The fourth-order valence-corrected chi connectivity index (χ4v) is 8.55. The van der Waals surface area contributed by atoms with E-state index in [0.717, 1.165) is 39.2 Å². The second-order valence-electron chi connectivity index (χ2n) is 13.6. The average molecular weight is 675 g/mol. The van der Waals surface area contributed by atoms with Gasteiger partial charge in [-0.05, 0) is 126 Å². The number of rotatable bonds is 5. The van der Waals surface area contributed by atoms with Gasteiger partial charge in [-0.25, -0.2) is 4.98 Å². The molecule has 1 aliphatic carbocycles. The number of nitrogens with zero attached hydrogens (tertiary/aromatic N) is 4. The Kier molecular flexibility index (Phi) is 6.52. The van der Waals surface area contributed by atoms with E-state index >= 15 is 0 Å². The zero-order chi connectivity index (χ0) is 34.9. The number of pyridine rings is 2.